The summed E-state index contributed by atoms with van der Waals surface area (Å²) < 4.78 is 32.7. The van der Waals surface area contributed by atoms with Gasteiger partial charge in [-0.1, -0.05) is 19.9 Å². The third-order valence-corrected chi connectivity index (χ3v) is 5.71. The number of hydrogen-bond acceptors (Lipinski definition) is 5. The quantitative estimate of drug-likeness (QED) is 0.721. The highest BCUT2D eigenvalue weighted by atomic mass is 35.5. The van der Waals surface area contributed by atoms with Crippen LogP contribution >= 0.6 is 12.4 Å². The molecule has 0 unspecified atom stereocenters. The molecular formula is C15H25ClN2O4S. The molecule has 3 N–H and O–H groups in total. The SMILES string of the molecule is CCC(CC)(CN)NS(=O)(=O)c1cc(C(=O)OC)ccc1C.Cl. The van der Waals surface area contributed by atoms with E-state index in [4.69, 9.17) is 5.73 Å². The predicted octanol–water partition coefficient (Wildman–Crippen LogP) is 2.00. The summed E-state index contributed by atoms with van der Waals surface area (Å²) in [6.45, 7) is 5.65. The molecule has 0 amide bonds. The molecule has 0 saturated heterocycles. The number of halogens is 1. The minimum absolute atomic E-state index is 0. The molecule has 0 aliphatic rings. The Bertz CT molecular complexity index is 635. The summed E-state index contributed by atoms with van der Waals surface area (Å²) in [4.78, 5) is 11.7. The molecule has 1 rings (SSSR count). The molecule has 0 aromatic heterocycles. The van der Waals surface area contributed by atoms with Gasteiger partial charge in [-0.15, -0.1) is 12.4 Å². The number of esters is 1. The van der Waals surface area contributed by atoms with E-state index in [1.54, 1.807) is 13.0 Å². The zero-order valence-corrected chi connectivity index (χ0v) is 15.5. The zero-order chi connectivity index (χ0) is 17.0. The monoisotopic (exact) mass is 364 g/mol. The number of carbonyl (C=O) groups is 1. The standard InChI is InChI=1S/C15H24N2O4S.ClH/c1-5-15(6-2,10-16)17-22(19,20)13-9-12(14(18)21-4)8-7-11(13)3;/h7-9,17H,5-6,10,16H2,1-4H3;1H. The first kappa shape index (κ1) is 21.9. The Morgan fingerprint density at radius 2 is 1.87 bits per heavy atom. The Morgan fingerprint density at radius 1 is 1.30 bits per heavy atom. The summed E-state index contributed by atoms with van der Waals surface area (Å²) in [5.41, 5.74) is 5.81. The molecule has 0 atom stereocenters. The van der Waals surface area contributed by atoms with Crippen molar-refractivity contribution in [2.45, 2.75) is 44.0 Å². The van der Waals surface area contributed by atoms with Crippen LogP contribution in [0, 0.1) is 6.92 Å². The predicted molar refractivity (Wildman–Crippen MR) is 92.5 cm³/mol. The Hall–Kier alpha value is -1.15. The van der Waals surface area contributed by atoms with E-state index in [0.717, 1.165) is 0 Å². The summed E-state index contributed by atoms with van der Waals surface area (Å²) in [6, 6.07) is 4.45. The average molecular weight is 365 g/mol. The largest absolute Gasteiger partial charge is 0.465 e. The Labute approximate surface area is 144 Å². The second-order valence-electron chi connectivity index (χ2n) is 5.27. The summed E-state index contributed by atoms with van der Waals surface area (Å²) in [6.07, 6.45) is 1.16. The number of methoxy groups -OCH3 is 1. The number of hydrogen-bond donors (Lipinski definition) is 2. The smallest absolute Gasteiger partial charge is 0.337 e. The van der Waals surface area contributed by atoms with Crippen molar-refractivity contribution in [3.05, 3.63) is 29.3 Å². The van der Waals surface area contributed by atoms with Gasteiger partial charge in [0.05, 0.1) is 17.6 Å². The molecule has 0 aliphatic heterocycles. The maximum Gasteiger partial charge on any atom is 0.337 e. The topological polar surface area (TPSA) is 98.5 Å². The number of ether oxygens (including phenoxy) is 1. The molecule has 0 spiro atoms. The first-order valence-electron chi connectivity index (χ1n) is 7.18. The number of nitrogens with one attached hydrogen (secondary N) is 1. The van der Waals surface area contributed by atoms with Crippen LogP contribution < -0.4 is 10.5 Å². The highest BCUT2D eigenvalue weighted by Gasteiger charge is 2.31. The van der Waals surface area contributed by atoms with E-state index < -0.39 is 21.5 Å². The van der Waals surface area contributed by atoms with Crippen molar-refractivity contribution in [3.63, 3.8) is 0 Å². The van der Waals surface area contributed by atoms with Gasteiger partial charge in [-0.3, -0.25) is 0 Å². The minimum atomic E-state index is -3.79. The van der Waals surface area contributed by atoms with E-state index >= 15 is 0 Å². The van der Waals surface area contributed by atoms with Crippen LogP contribution in [-0.2, 0) is 14.8 Å². The van der Waals surface area contributed by atoms with Crippen molar-refractivity contribution in [1.82, 2.24) is 4.72 Å². The minimum Gasteiger partial charge on any atom is -0.465 e. The van der Waals surface area contributed by atoms with E-state index in [2.05, 4.69) is 9.46 Å². The van der Waals surface area contributed by atoms with Gasteiger partial charge in [0, 0.05) is 12.1 Å². The third kappa shape index (κ3) is 4.91. The lowest BCUT2D eigenvalue weighted by molar-refractivity contribution is 0.0600. The molecule has 0 radical (unpaired) electrons. The Balaban J connectivity index is 0.00000484. The van der Waals surface area contributed by atoms with Crippen molar-refractivity contribution in [3.8, 4) is 0 Å². The molecule has 6 nitrogen and oxygen atoms in total. The van der Waals surface area contributed by atoms with Crippen LogP contribution in [-0.4, -0.2) is 33.6 Å². The molecule has 1 aromatic carbocycles. The van der Waals surface area contributed by atoms with Gasteiger partial charge in [-0.2, -0.15) is 0 Å². The van der Waals surface area contributed by atoms with Gasteiger partial charge in [-0.05, 0) is 37.5 Å². The summed E-state index contributed by atoms with van der Waals surface area (Å²) in [7, 11) is -2.53. The summed E-state index contributed by atoms with van der Waals surface area (Å²) in [5, 5.41) is 0. The van der Waals surface area contributed by atoms with Crippen LogP contribution in [0.25, 0.3) is 0 Å². The van der Waals surface area contributed by atoms with E-state index in [-0.39, 0.29) is 29.4 Å². The van der Waals surface area contributed by atoms with Gasteiger partial charge >= 0.3 is 5.97 Å². The van der Waals surface area contributed by atoms with Crippen molar-refractivity contribution in [1.29, 1.82) is 0 Å². The van der Waals surface area contributed by atoms with Gasteiger partial charge in [-0.25, -0.2) is 17.9 Å². The lowest BCUT2D eigenvalue weighted by atomic mass is 9.95. The van der Waals surface area contributed by atoms with E-state index in [0.29, 0.717) is 18.4 Å². The second kappa shape index (κ2) is 8.63. The van der Waals surface area contributed by atoms with Crippen LogP contribution in [0.2, 0.25) is 0 Å². The Kier molecular flexibility index (Phi) is 8.20. The van der Waals surface area contributed by atoms with Crippen molar-refractivity contribution < 1.29 is 17.9 Å². The van der Waals surface area contributed by atoms with Crippen molar-refractivity contribution in [2.75, 3.05) is 13.7 Å². The molecule has 0 fully saturated rings. The summed E-state index contributed by atoms with van der Waals surface area (Å²) in [5.74, 6) is -0.576. The molecule has 8 heteroatoms. The van der Waals surface area contributed by atoms with Crippen molar-refractivity contribution >= 4 is 28.4 Å². The van der Waals surface area contributed by atoms with Crippen molar-refractivity contribution in [2.24, 2.45) is 5.73 Å². The average Bonchev–Trinajstić information content (AvgIpc) is 2.52. The molecule has 132 valence electrons. The number of carbonyl (C=O) groups excluding carboxylic acids is 1. The van der Waals surface area contributed by atoms with Crippen LogP contribution in [0.3, 0.4) is 0 Å². The first-order chi connectivity index (χ1) is 10.2. The number of aryl methyl sites for hydroxylation is 1. The van der Waals surface area contributed by atoms with E-state index in [1.165, 1.54) is 19.2 Å². The molecule has 0 heterocycles. The zero-order valence-electron chi connectivity index (χ0n) is 13.9. The van der Waals surface area contributed by atoms with Crippen LogP contribution in [0.5, 0.6) is 0 Å². The number of rotatable bonds is 7. The van der Waals surface area contributed by atoms with Gasteiger partial charge < -0.3 is 10.5 Å². The molecule has 0 aliphatic carbocycles. The number of sulfonamides is 1. The Morgan fingerprint density at radius 3 is 2.30 bits per heavy atom. The van der Waals surface area contributed by atoms with Crippen LogP contribution in [0.4, 0.5) is 0 Å². The molecule has 23 heavy (non-hydrogen) atoms. The lowest BCUT2D eigenvalue weighted by Crippen LogP contribution is -2.52. The molecule has 0 saturated carbocycles. The van der Waals surface area contributed by atoms with E-state index in [1.807, 2.05) is 13.8 Å². The maximum absolute atomic E-state index is 12.7. The van der Waals surface area contributed by atoms with Gasteiger partial charge in [0.25, 0.3) is 0 Å². The van der Waals surface area contributed by atoms with Crippen LogP contribution in [0.15, 0.2) is 23.1 Å². The van der Waals surface area contributed by atoms with Gasteiger partial charge in [0.1, 0.15) is 0 Å². The van der Waals surface area contributed by atoms with Crippen LogP contribution in [0.1, 0.15) is 42.6 Å². The normalized spacial score (nSPS) is 11.7. The fraction of sp³-hybridized carbons (Fsp3) is 0.533. The third-order valence-electron chi connectivity index (χ3n) is 3.99. The second-order valence-corrected chi connectivity index (χ2v) is 6.92. The molecular weight excluding hydrogens is 340 g/mol. The van der Waals surface area contributed by atoms with E-state index in [9.17, 15) is 13.2 Å². The molecule has 1 aromatic rings. The number of benzene rings is 1. The fourth-order valence-electron chi connectivity index (χ4n) is 2.20. The maximum atomic E-state index is 12.7. The number of nitrogens with two attached hydrogens (primary N) is 1. The lowest BCUT2D eigenvalue weighted by Gasteiger charge is -2.31. The van der Waals surface area contributed by atoms with Gasteiger partial charge in [0.2, 0.25) is 10.0 Å². The fourth-order valence-corrected chi connectivity index (χ4v) is 4.03. The molecule has 0 bridgehead atoms. The first-order valence-corrected chi connectivity index (χ1v) is 8.66. The summed E-state index contributed by atoms with van der Waals surface area (Å²) >= 11 is 0. The highest BCUT2D eigenvalue weighted by Crippen LogP contribution is 2.22. The highest BCUT2D eigenvalue weighted by molar-refractivity contribution is 7.89. The van der Waals surface area contributed by atoms with Gasteiger partial charge in [0.15, 0.2) is 0 Å².